The number of hydrogen-bond donors (Lipinski definition) is 1. The van der Waals surface area contributed by atoms with Crippen LogP contribution in [0.3, 0.4) is 0 Å². The molecule has 0 aromatic rings. The highest BCUT2D eigenvalue weighted by Crippen LogP contribution is 2.22. The van der Waals surface area contributed by atoms with E-state index in [0.29, 0.717) is 6.10 Å². The van der Waals surface area contributed by atoms with Crippen LogP contribution in [-0.2, 0) is 4.74 Å². The van der Waals surface area contributed by atoms with E-state index in [-0.39, 0.29) is 5.41 Å². The number of ether oxygens (including phenoxy) is 1. The summed E-state index contributed by atoms with van der Waals surface area (Å²) in [5.41, 5.74) is 0.285. The Hall–Kier alpha value is -0.0800. The van der Waals surface area contributed by atoms with Crippen molar-refractivity contribution in [2.45, 2.75) is 26.9 Å². The van der Waals surface area contributed by atoms with E-state index in [0.717, 1.165) is 19.7 Å². The monoisotopic (exact) mass is 143 g/mol. The van der Waals surface area contributed by atoms with Gasteiger partial charge in [0.15, 0.2) is 0 Å². The molecule has 2 heteroatoms. The molecule has 0 bridgehead atoms. The molecule has 0 aromatic carbocycles. The molecule has 1 atom stereocenters. The van der Waals surface area contributed by atoms with Crippen molar-refractivity contribution in [3.05, 3.63) is 0 Å². The highest BCUT2D eigenvalue weighted by Gasteiger charge is 2.26. The maximum absolute atomic E-state index is 5.58. The number of nitrogens with one attached hydrogen (secondary N) is 1. The topological polar surface area (TPSA) is 21.3 Å². The standard InChI is InChI=1S/C8H17NO/c1-8(2,3)7-6-9-4-5-10-7/h7,9H,4-6H2,1-3H3/t7-/m0/s1. The molecule has 10 heavy (non-hydrogen) atoms. The summed E-state index contributed by atoms with van der Waals surface area (Å²) >= 11 is 0. The molecular formula is C8H17NO. The van der Waals surface area contributed by atoms with Crippen molar-refractivity contribution < 1.29 is 4.74 Å². The van der Waals surface area contributed by atoms with Crippen LogP contribution in [-0.4, -0.2) is 25.8 Å². The Kier molecular flexibility index (Phi) is 2.32. The van der Waals surface area contributed by atoms with Crippen molar-refractivity contribution in [3.63, 3.8) is 0 Å². The van der Waals surface area contributed by atoms with E-state index in [4.69, 9.17) is 4.74 Å². The van der Waals surface area contributed by atoms with Gasteiger partial charge in [-0.3, -0.25) is 0 Å². The summed E-state index contributed by atoms with van der Waals surface area (Å²) in [5, 5.41) is 3.32. The summed E-state index contributed by atoms with van der Waals surface area (Å²) in [4.78, 5) is 0. The molecular weight excluding hydrogens is 126 g/mol. The van der Waals surface area contributed by atoms with Crippen LogP contribution in [0.25, 0.3) is 0 Å². The molecule has 1 aliphatic rings. The molecule has 1 saturated heterocycles. The van der Waals surface area contributed by atoms with Gasteiger partial charge in [-0.25, -0.2) is 0 Å². The van der Waals surface area contributed by atoms with Gasteiger partial charge < -0.3 is 10.1 Å². The van der Waals surface area contributed by atoms with E-state index in [9.17, 15) is 0 Å². The third-order valence-electron chi connectivity index (χ3n) is 1.89. The first-order chi connectivity index (χ1) is 4.61. The summed E-state index contributed by atoms with van der Waals surface area (Å²) in [6.45, 7) is 9.51. The minimum Gasteiger partial charge on any atom is -0.375 e. The molecule has 1 rings (SSSR count). The molecule has 2 nitrogen and oxygen atoms in total. The van der Waals surface area contributed by atoms with E-state index in [1.54, 1.807) is 0 Å². The van der Waals surface area contributed by atoms with Gasteiger partial charge in [-0.15, -0.1) is 0 Å². The summed E-state index contributed by atoms with van der Waals surface area (Å²) in [5.74, 6) is 0. The highest BCUT2D eigenvalue weighted by molar-refractivity contribution is 4.78. The molecule has 0 amide bonds. The zero-order chi connectivity index (χ0) is 7.61. The SMILES string of the molecule is CC(C)(C)[C@@H]1CNCCO1. The predicted octanol–water partition coefficient (Wildman–Crippen LogP) is 1.02. The van der Waals surface area contributed by atoms with Crippen molar-refractivity contribution in [2.24, 2.45) is 5.41 Å². The van der Waals surface area contributed by atoms with Crippen LogP contribution in [0.2, 0.25) is 0 Å². The molecule has 0 unspecified atom stereocenters. The van der Waals surface area contributed by atoms with Crippen molar-refractivity contribution in [2.75, 3.05) is 19.7 Å². The third kappa shape index (κ3) is 1.96. The quantitative estimate of drug-likeness (QED) is 0.546. The van der Waals surface area contributed by atoms with Crippen LogP contribution in [0.15, 0.2) is 0 Å². The lowest BCUT2D eigenvalue weighted by Gasteiger charge is -2.34. The van der Waals surface area contributed by atoms with E-state index in [1.807, 2.05) is 0 Å². The Balaban J connectivity index is 2.39. The van der Waals surface area contributed by atoms with Gasteiger partial charge in [0, 0.05) is 13.1 Å². The van der Waals surface area contributed by atoms with Gasteiger partial charge in [0.1, 0.15) is 0 Å². The second-order valence-electron chi connectivity index (χ2n) is 3.93. The molecule has 0 spiro atoms. The molecule has 0 aromatic heterocycles. The Bertz CT molecular complexity index is 100. The molecule has 1 fully saturated rings. The second-order valence-corrected chi connectivity index (χ2v) is 3.93. The van der Waals surface area contributed by atoms with Crippen molar-refractivity contribution in [3.8, 4) is 0 Å². The summed E-state index contributed by atoms with van der Waals surface area (Å²) in [6.07, 6.45) is 0.390. The average molecular weight is 143 g/mol. The zero-order valence-electron chi connectivity index (χ0n) is 7.11. The van der Waals surface area contributed by atoms with Crippen molar-refractivity contribution in [1.29, 1.82) is 0 Å². The van der Waals surface area contributed by atoms with Gasteiger partial charge in [0.25, 0.3) is 0 Å². The largest absolute Gasteiger partial charge is 0.375 e. The predicted molar refractivity (Wildman–Crippen MR) is 42.1 cm³/mol. The summed E-state index contributed by atoms with van der Waals surface area (Å²) in [6, 6.07) is 0. The molecule has 0 aliphatic carbocycles. The Morgan fingerprint density at radius 2 is 2.10 bits per heavy atom. The number of morpholine rings is 1. The smallest absolute Gasteiger partial charge is 0.0748 e. The third-order valence-corrected chi connectivity index (χ3v) is 1.89. The van der Waals surface area contributed by atoms with Crippen molar-refractivity contribution in [1.82, 2.24) is 5.32 Å². The van der Waals surface area contributed by atoms with Gasteiger partial charge in [0.2, 0.25) is 0 Å². The molecule has 0 saturated carbocycles. The van der Waals surface area contributed by atoms with E-state index in [1.165, 1.54) is 0 Å². The summed E-state index contributed by atoms with van der Waals surface area (Å²) < 4.78 is 5.58. The van der Waals surface area contributed by atoms with Crippen LogP contribution in [0.1, 0.15) is 20.8 Å². The maximum atomic E-state index is 5.58. The summed E-state index contributed by atoms with van der Waals surface area (Å²) in [7, 11) is 0. The maximum Gasteiger partial charge on any atom is 0.0748 e. The molecule has 1 N–H and O–H groups in total. The van der Waals surface area contributed by atoms with Gasteiger partial charge in [0.05, 0.1) is 12.7 Å². The lowest BCUT2D eigenvalue weighted by atomic mass is 9.88. The number of rotatable bonds is 0. The normalized spacial score (nSPS) is 28.5. The minimum absolute atomic E-state index is 0.285. The Morgan fingerprint density at radius 1 is 1.40 bits per heavy atom. The first kappa shape index (κ1) is 8.02. The fourth-order valence-electron chi connectivity index (χ4n) is 1.12. The lowest BCUT2D eigenvalue weighted by Crippen LogP contribution is -2.45. The van der Waals surface area contributed by atoms with Gasteiger partial charge in [-0.05, 0) is 5.41 Å². The fraction of sp³-hybridized carbons (Fsp3) is 1.00. The lowest BCUT2D eigenvalue weighted by molar-refractivity contribution is -0.0361. The van der Waals surface area contributed by atoms with Gasteiger partial charge in [-0.1, -0.05) is 20.8 Å². The van der Waals surface area contributed by atoms with Crippen LogP contribution < -0.4 is 5.32 Å². The van der Waals surface area contributed by atoms with Gasteiger partial charge in [-0.2, -0.15) is 0 Å². The molecule has 0 radical (unpaired) electrons. The minimum atomic E-state index is 0.285. The van der Waals surface area contributed by atoms with Crippen LogP contribution in [0.4, 0.5) is 0 Å². The van der Waals surface area contributed by atoms with E-state index < -0.39 is 0 Å². The van der Waals surface area contributed by atoms with Crippen molar-refractivity contribution >= 4 is 0 Å². The highest BCUT2D eigenvalue weighted by atomic mass is 16.5. The van der Waals surface area contributed by atoms with E-state index >= 15 is 0 Å². The first-order valence-electron chi connectivity index (χ1n) is 3.93. The molecule has 1 aliphatic heterocycles. The zero-order valence-corrected chi connectivity index (χ0v) is 7.11. The Morgan fingerprint density at radius 3 is 2.40 bits per heavy atom. The number of hydrogen-bond acceptors (Lipinski definition) is 2. The van der Waals surface area contributed by atoms with Crippen LogP contribution in [0, 0.1) is 5.41 Å². The fourth-order valence-corrected chi connectivity index (χ4v) is 1.12. The Labute approximate surface area is 63.0 Å². The molecule has 60 valence electrons. The van der Waals surface area contributed by atoms with Gasteiger partial charge >= 0.3 is 0 Å². The van der Waals surface area contributed by atoms with E-state index in [2.05, 4.69) is 26.1 Å². The average Bonchev–Trinajstić information content (AvgIpc) is 1.88. The van der Waals surface area contributed by atoms with Crippen LogP contribution >= 0.6 is 0 Å². The second kappa shape index (κ2) is 2.89. The van der Waals surface area contributed by atoms with Crippen LogP contribution in [0.5, 0.6) is 0 Å². The first-order valence-corrected chi connectivity index (χ1v) is 3.93. The molecule has 1 heterocycles.